The molecular formula is C14H28O6P2. The number of rotatable bonds is 10. The molecule has 0 saturated heterocycles. The van der Waals surface area contributed by atoms with Gasteiger partial charge >= 0.3 is 15.2 Å². The predicted molar refractivity (Wildman–Crippen MR) is 87.2 cm³/mol. The van der Waals surface area contributed by atoms with E-state index in [2.05, 4.69) is 0 Å². The normalized spacial score (nSPS) is 17.1. The standard InChI is InChI=1S/C14H28O6P2/c1-5-17-21(15,18-6-2)13-11-9-10-12-14(13)22(16,19-7-3)20-8-4/h5-12H2,1-4H3. The largest absolute Gasteiger partial charge is 0.357 e. The fourth-order valence-corrected chi connectivity index (χ4v) is 7.12. The van der Waals surface area contributed by atoms with Crippen LogP contribution in [0.15, 0.2) is 10.6 Å². The van der Waals surface area contributed by atoms with Crippen molar-refractivity contribution in [1.82, 2.24) is 0 Å². The summed E-state index contributed by atoms with van der Waals surface area (Å²) in [5.41, 5.74) is 0. The van der Waals surface area contributed by atoms with Gasteiger partial charge in [0.1, 0.15) is 0 Å². The second-order valence-corrected chi connectivity index (χ2v) is 8.87. The molecule has 0 radical (unpaired) electrons. The molecule has 0 aromatic carbocycles. The zero-order chi connectivity index (χ0) is 16.6. The summed E-state index contributed by atoms with van der Waals surface area (Å²) < 4.78 is 47.9. The Balaban J connectivity index is 3.36. The molecule has 0 unspecified atom stereocenters. The first-order chi connectivity index (χ1) is 10.5. The molecule has 1 rings (SSSR count). The van der Waals surface area contributed by atoms with E-state index in [4.69, 9.17) is 18.1 Å². The van der Waals surface area contributed by atoms with Crippen LogP contribution >= 0.6 is 15.2 Å². The highest BCUT2D eigenvalue weighted by Gasteiger charge is 2.41. The first-order valence-corrected chi connectivity index (χ1v) is 11.1. The van der Waals surface area contributed by atoms with Gasteiger partial charge in [0.25, 0.3) is 0 Å². The lowest BCUT2D eigenvalue weighted by molar-refractivity contribution is 0.218. The van der Waals surface area contributed by atoms with E-state index in [9.17, 15) is 9.13 Å². The lowest BCUT2D eigenvalue weighted by Crippen LogP contribution is -2.09. The molecule has 0 bridgehead atoms. The van der Waals surface area contributed by atoms with Crippen molar-refractivity contribution in [3.63, 3.8) is 0 Å². The molecule has 0 aromatic rings. The SMILES string of the molecule is CCOP(=O)(OCC)C1=C(P(=O)(OCC)OCC)CCCC1. The smallest absolute Gasteiger partial charge is 0.306 e. The Hall–Kier alpha value is 0.0400. The van der Waals surface area contributed by atoms with Crippen LogP contribution in [0.3, 0.4) is 0 Å². The summed E-state index contributed by atoms with van der Waals surface area (Å²) in [6, 6.07) is 0. The van der Waals surface area contributed by atoms with Crippen LogP contribution in [-0.4, -0.2) is 26.4 Å². The lowest BCUT2D eigenvalue weighted by Gasteiger charge is -2.29. The Morgan fingerprint density at radius 3 is 1.18 bits per heavy atom. The fraction of sp³-hybridized carbons (Fsp3) is 0.857. The highest BCUT2D eigenvalue weighted by Crippen LogP contribution is 2.69. The number of allylic oxidation sites excluding steroid dienone is 2. The highest BCUT2D eigenvalue weighted by molar-refractivity contribution is 7.63. The van der Waals surface area contributed by atoms with E-state index in [1.807, 2.05) is 0 Å². The maximum absolute atomic E-state index is 13.1. The van der Waals surface area contributed by atoms with Crippen molar-refractivity contribution in [3.8, 4) is 0 Å². The van der Waals surface area contributed by atoms with Gasteiger partial charge in [-0.1, -0.05) is 0 Å². The van der Waals surface area contributed by atoms with Crippen LogP contribution in [0.4, 0.5) is 0 Å². The van der Waals surface area contributed by atoms with Crippen molar-refractivity contribution < 1.29 is 27.2 Å². The van der Waals surface area contributed by atoms with Crippen LogP contribution < -0.4 is 0 Å². The van der Waals surface area contributed by atoms with Crippen molar-refractivity contribution >= 4 is 15.2 Å². The first kappa shape index (κ1) is 20.1. The predicted octanol–water partition coefficient (Wildman–Crippen LogP) is 5.30. The van der Waals surface area contributed by atoms with E-state index in [0.717, 1.165) is 12.8 Å². The molecule has 0 spiro atoms. The Labute approximate surface area is 133 Å². The van der Waals surface area contributed by atoms with Crippen molar-refractivity contribution in [2.24, 2.45) is 0 Å². The highest BCUT2D eigenvalue weighted by atomic mass is 31.2. The Kier molecular flexibility index (Phi) is 8.55. The van der Waals surface area contributed by atoms with Crippen LogP contribution in [-0.2, 0) is 27.2 Å². The van der Waals surface area contributed by atoms with Crippen LogP contribution in [0.1, 0.15) is 53.4 Å². The second kappa shape index (κ2) is 9.36. The monoisotopic (exact) mass is 354 g/mol. The Bertz CT molecular complexity index is 412. The van der Waals surface area contributed by atoms with E-state index in [1.165, 1.54) is 0 Å². The fourth-order valence-electron chi connectivity index (χ4n) is 2.53. The van der Waals surface area contributed by atoms with Crippen molar-refractivity contribution in [2.75, 3.05) is 26.4 Å². The molecule has 1 aliphatic rings. The van der Waals surface area contributed by atoms with Crippen LogP contribution in [0, 0.1) is 0 Å². The molecule has 0 aliphatic heterocycles. The van der Waals surface area contributed by atoms with Gasteiger partial charge in [-0.3, -0.25) is 9.13 Å². The summed E-state index contributed by atoms with van der Waals surface area (Å²) in [4.78, 5) is 0. The molecule has 6 nitrogen and oxygen atoms in total. The molecule has 130 valence electrons. The molecule has 0 saturated carbocycles. The molecule has 0 aromatic heterocycles. The third kappa shape index (κ3) is 4.77. The topological polar surface area (TPSA) is 71.1 Å². The average Bonchev–Trinajstić information content (AvgIpc) is 2.48. The molecule has 1 aliphatic carbocycles. The van der Waals surface area contributed by atoms with E-state index >= 15 is 0 Å². The summed E-state index contributed by atoms with van der Waals surface area (Å²) in [5.74, 6) is 0. The van der Waals surface area contributed by atoms with Gasteiger partial charge in [0.15, 0.2) is 0 Å². The summed E-state index contributed by atoms with van der Waals surface area (Å²) >= 11 is 0. The molecule has 0 amide bonds. The van der Waals surface area contributed by atoms with Gasteiger partial charge in [-0.05, 0) is 53.4 Å². The maximum Gasteiger partial charge on any atom is 0.357 e. The van der Waals surface area contributed by atoms with E-state index in [1.54, 1.807) is 27.7 Å². The maximum atomic E-state index is 13.1. The minimum absolute atomic E-state index is 0.266. The summed E-state index contributed by atoms with van der Waals surface area (Å²) in [5, 5.41) is 0.986. The molecule has 0 heterocycles. The van der Waals surface area contributed by atoms with Crippen molar-refractivity contribution in [3.05, 3.63) is 10.6 Å². The number of hydrogen-bond donors (Lipinski definition) is 0. The zero-order valence-electron chi connectivity index (χ0n) is 14.0. The summed E-state index contributed by atoms with van der Waals surface area (Å²) in [6.45, 7) is 8.12. The molecule has 0 N–H and O–H groups in total. The van der Waals surface area contributed by atoms with Crippen molar-refractivity contribution in [1.29, 1.82) is 0 Å². The molecule has 8 heteroatoms. The quantitative estimate of drug-likeness (QED) is 0.496. The zero-order valence-corrected chi connectivity index (χ0v) is 15.8. The average molecular weight is 354 g/mol. The molecule has 0 fully saturated rings. The Morgan fingerprint density at radius 2 is 0.955 bits per heavy atom. The minimum atomic E-state index is -3.45. The van der Waals surface area contributed by atoms with Crippen LogP contribution in [0.5, 0.6) is 0 Å². The van der Waals surface area contributed by atoms with Gasteiger partial charge in [-0.25, -0.2) is 0 Å². The van der Waals surface area contributed by atoms with Crippen molar-refractivity contribution in [2.45, 2.75) is 53.4 Å². The van der Waals surface area contributed by atoms with Crippen LogP contribution in [0.2, 0.25) is 0 Å². The van der Waals surface area contributed by atoms with Gasteiger partial charge in [-0.15, -0.1) is 0 Å². The molecular weight excluding hydrogens is 326 g/mol. The van der Waals surface area contributed by atoms with Gasteiger partial charge in [-0.2, -0.15) is 0 Å². The third-order valence-electron chi connectivity index (χ3n) is 3.27. The second-order valence-electron chi connectivity index (χ2n) is 4.77. The third-order valence-corrected chi connectivity index (χ3v) is 8.15. The van der Waals surface area contributed by atoms with E-state index in [0.29, 0.717) is 23.5 Å². The molecule has 0 atom stereocenters. The van der Waals surface area contributed by atoms with Gasteiger partial charge in [0, 0.05) is 0 Å². The minimum Gasteiger partial charge on any atom is -0.306 e. The number of hydrogen-bond acceptors (Lipinski definition) is 6. The first-order valence-electron chi connectivity index (χ1n) is 7.98. The summed E-state index contributed by atoms with van der Waals surface area (Å²) in [6.07, 6.45) is 2.80. The van der Waals surface area contributed by atoms with E-state index in [-0.39, 0.29) is 26.4 Å². The van der Waals surface area contributed by atoms with E-state index < -0.39 is 15.2 Å². The lowest BCUT2D eigenvalue weighted by atomic mass is 10.1. The van der Waals surface area contributed by atoms with Gasteiger partial charge < -0.3 is 18.1 Å². The van der Waals surface area contributed by atoms with Gasteiger partial charge in [0.2, 0.25) is 0 Å². The summed E-state index contributed by atoms with van der Waals surface area (Å²) in [7, 11) is -6.89. The van der Waals surface area contributed by atoms with Crippen LogP contribution in [0.25, 0.3) is 0 Å². The molecule has 22 heavy (non-hydrogen) atoms. The Morgan fingerprint density at radius 1 is 0.682 bits per heavy atom. The van der Waals surface area contributed by atoms with Gasteiger partial charge in [0.05, 0.1) is 37.1 Å².